The Morgan fingerprint density at radius 3 is 2.74 bits per heavy atom. The number of rotatable bonds is 7. The van der Waals surface area contributed by atoms with Crippen molar-refractivity contribution >= 4 is 49.1 Å². The summed E-state index contributed by atoms with van der Waals surface area (Å²) >= 11 is 1.05. The Morgan fingerprint density at radius 1 is 1.29 bits per heavy atom. The van der Waals surface area contributed by atoms with Crippen LogP contribution in [-0.2, 0) is 10.0 Å². The normalized spacial score (nSPS) is 18.9. The third kappa shape index (κ3) is 4.84. The van der Waals surface area contributed by atoms with E-state index in [-0.39, 0.29) is 16.7 Å². The summed E-state index contributed by atoms with van der Waals surface area (Å²) in [5, 5.41) is 13.2. The Hall–Kier alpha value is -2.83. The van der Waals surface area contributed by atoms with Gasteiger partial charge in [-0.2, -0.15) is 4.31 Å². The number of anilines is 2. The number of aryl methyl sites for hydroxylation is 1. The molecule has 0 bridgehead atoms. The minimum Gasteiger partial charge on any atom is -0.486 e. The van der Waals surface area contributed by atoms with Crippen LogP contribution in [0.4, 0.5) is 15.9 Å². The number of carboxylic acids is 1. The fourth-order valence-corrected chi connectivity index (χ4v) is 5.96. The Bertz CT molecular complexity index is 1340. The molecule has 0 amide bonds. The highest BCUT2D eigenvalue weighted by atomic mass is 32.2. The summed E-state index contributed by atoms with van der Waals surface area (Å²) in [6.07, 6.45) is 5.05. The van der Waals surface area contributed by atoms with Gasteiger partial charge >= 0.3 is 5.97 Å². The Morgan fingerprint density at radius 2 is 2.03 bits per heavy atom. The number of hydrogen-bond donors (Lipinski definition) is 2. The number of aromatic carboxylic acids is 1. The quantitative estimate of drug-likeness (QED) is 0.488. The Labute approximate surface area is 200 Å². The second kappa shape index (κ2) is 9.43. The van der Waals surface area contributed by atoms with Crippen LogP contribution in [0.25, 0.3) is 10.2 Å². The van der Waals surface area contributed by atoms with E-state index in [0.29, 0.717) is 40.1 Å². The van der Waals surface area contributed by atoms with Crippen molar-refractivity contribution in [3.8, 4) is 5.75 Å². The molecule has 2 atom stereocenters. The molecule has 34 heavy (non-hydrogen) atoms. The van der Waals surface area contributed by atoms with Gasteiger partial charge in [0.05, 0.1) is 23.4 Å². The number of carboxylic acid groups (broad SMARTS) is 1. The van der Waals surface area contributed by atoms with Crippen LogP contribution in [0.5, 0.6) is 5.75 Å². The molecule has 1 aromatic carbocycles. The number of thiophene rings is 1. The molecule has 1 saturated carbocycles. The summed E-state index contributed by atoms with van der Waals surface area (Å²) in [4.78, 5) is 20.7. The lowest BCUT2D eigenvalue weighted by molar-refractivity contribution is 0.0701. The van der Waals surface area contributed by atoms with Crippen molar-refractivity contribution in [2.75, 3.05) is 18.6 Å². The summed E-state index contributed by atoms with van der Waals surface area (Å²) in [5.74, 6) is -0.958. The van der Waals surface area contributed by atoms with Gasteiger partial charge < -0.3 is 15.2 Å². The van der Waals surface area contributed by atoms with Gasteiger partial charge in [0.25, 0.3) is 0 Å². The summed E-state index contributed by atoms with van der Waals surface area (Å²) in [7, 11) is -1.90. The van der Waals surface area contributed by atoms with Crippen LogP contribution < -0.4 is 10.1 Å². The van der Waals surface area contributed by atoms with Gasteiger partial charge in [0.2, 0.25) is 10.0 Å². The first-order valence-corrected chi connectivity index (χ1v) is 13.4. The standard InChI is InChI=1S/C22H25FN4O5S2/c1-12-18-20(24-11-25-21(18)33-19(12)22(28)29)26-14-9-8-13(23)10-17(14)32-16-7-5-4-6-15(16)27(2)34(3,30)31/h8-11,15-16H,4-7H2,1-3H3,(H,28,29)(H,24,25,26)/t15-,16-/m1/s1. The van der Waals surface area contributed by atoms with Crippen LogP contribution in [0, 0.1) is 12.7 Å². The largest absolute Gasteiger partial charge is 0.486 e. The lowest BCUT2D eigenvalue weighted by atomic mass is 9.92. The molecular weight excluding hydrogens is 483 g/mol. The van der Waals surface area contributed by atoms with E-state index in [1.807, 2.05) is 0 Å². The van der Waals surface area contributed by atoms with Crippen LogP contribution >= 0.6 is 11.3 Å². The number of halogens is 1. The molecular formula is C22H25FN4O5S2. The van der Waals surface area contributed by atoms with E-state index in [2.05, 4.69) is 15.3 Å². The van der Waals surface area contributed by atoms with E-state index in [0.717, 1.165) is 30.4 Å². The number of hydrogen-bond acceptors (Lipinski definition) is 8. The number of nitrogens with zero attached hydrogens (tertiary/aromatic N) is 3. The number of sulfonamides is 1. The fraction of sp³-hybridized carbons (Fsp3) is 0.409. The van der Waals surface area contributed by atoms with E-state index in [1.54, 1.807) is 6.92 Å². The number of likely N-dealkylation sites (N-methyl/N-ethyl adjacent to an activating group) is 1. The molecule has 0 spiro atoms. The molecule has 182 valence electrons. The summed E-state index contributed by atoms with van der Waals surface area (Å²) < 4.78 is 46.0. The maximum absolute atomic E-state index is 14.2. The van der Waals surface area contributed by atoms with Gasteiger partial charge in [-0.15, -0.1) is 11.3 Å². The lowest BCUT2D eigenvalue weighted by Crippen LogP contribution is -2.48. The number of nitrogens with one attached hydrogen (secondary N) is 1. The smallest absolute Gasteiger partial charge is 0.346 e. The summed E-state index contributed by atoms with van der Waals surface area (Å²) in [6.45, 7) is 1.69. The van der Waals surface area contributed by atoms with Crippen molar-refractivity contribution in [3.05, 3.63) is 40.8 Å². The van der Waals surface area contributed by atoms with Crippen molar-refractivity contribution in [2.45, 2.75) is 44.8 Å². The van der Waals surface area contributed by atoms with Crippen LogP contribution in [0.3, 0.4) is 0 Å². The predicted octanol–water partition coefficient (Wildman–Crippen LogP) is 4.16. The van der Waals surface area contributed by atoms with Crippen molar-refractivity contribution in [1.29, 1.82) is 0 Å². The van der Waals surface area contributed by atoms with E-state index >= 15 is 0 Å². The third-order valence-electron chi connectivity index (χ3n) is 6.05. The summed E-state index contributed by atoms with van der Waals surface area (Å²) in [6, 6.07) is 3.66. The van der Waals surface area contributed by atoms with Crippen LogP contribution in [-0.4, -0.2) is 59.2 Å². The molecule has 1 fully saturated rings. The first-order chi connectivity index (χ1) is 16.1. The SMILES string of the molecule is Cc1c(C(=O)O)sc2ncnc(Nc3ccc(F)cc3O[C@@H]3CCCC[C@H]3N(C)S(C)(=O)=O)c12. The highest BCUT2D eigenvalue weighted by Gasteiger charge is 2.34. The molecule has 0 aliphatic heterocycles. The number of benzene rings is 1. The minimum atomic E-state index is -3.43. The zero-order valence-corrected chi connectivity index (χ0v) is 20.5. The predicted molar refractivity (Wildman–Crippen MR) is 128 cm³/mol. The first kappa shape index (κ1) is 24.3. The number of fused-ring (bicyclic) bond motifs is 1. The Kier molecular flexibility index (Phi) is 6.74. The molecule has 9 nitrogen and oxygen atoms in total. The maximum atomic E-state index is 14.2. The van der Waals surface area contributed by atoms with Gasteiger partial charge in [0, 0.05) is 13.1 Å². The maximum Gasteiger partial charge on any atom is 0.346 e. The van der Waals surface area contributed by atoms with Crippen molar-refractivity contribution in [1.82, 2.24) is 14.3 Å². The lowest BCUT2D eigenvalue weighted by Gasteiger charge is -2.37. The molecule has 12 heteroatoms. The summed E-state index contributed by atoms with van der Waals surface area (Å²) in [5.41, 5.74) is 0.956. The average Bonchev–Trinajstić information content (AvgIpc) is 3.12. The molecule has 2 N–H and O–H groups in total. The molecule has 4 rings (SSSR count). The Balaban J connectivity index is 1.69. The molecule has 0 saturated heterocycles. The number of aromatic nitrogens is 2. The molecule has 1 aliphatic carbocycles. The van der Waals surface area contributed by atoms with Crippen molar-refractivity contribution < 1.29 is 27.4 Å². The number of carbonyl (C=O) groups is 1. The zero-order valence-electron chi connectivity index (χ0n) is 18.9. The molecule has 1 aliphatic rings. The second-order valence-corrected chi connectivity index (χ2v) is 11.4. The van der Waals surface area contributed by atoms with Gasteiger partial charge in [0.1, 0.15) is 39.5 Å². The van der Waals surface area contributed by atoms with E-state index in [1.165, 1.54) is 35.9 Å². The highest BCUT2D eigenvalue weighted by molar-refractivity contribution is 7.88. The van der Waals surface area contributed by atoms with Gasteiger partial charge in [-0.1, -0.05) is 6.42 Å². The first-order valence-electron chi connectivity index (χ1n) is 10.7. The van der Waals surface area contributed by atoms with Gasteiger partial charge in [-0.05, 0) is 43.9 Å². The highest BCUT2D eigenvalue weighted by Crippen LogP contribution is 2.38. The van der Waals surface area contributed by atoms with E-state index < -0.39 is 27.9 Å². The van der Waals surface area contributed by atoms with Gasteiger partial charge in [-0.3, -0.25) is 0 Å². The minimum absolute atomic E-state index is 0.169. The van der Waals surface area contributed by atoms with Gasteiger partial charge in [-0.25, -0.2) is 27.6 Å². The molecule has 3 aromatic rings. The molecule has 2 aromatic heterocycles. The monoisotopic (exact) mass is 508 g/mol. The third-order valence-corrected chi connectivity index (χ3v) is 8.56. The molecule has 2 heterocycles. The van der Waals surface area contributed by atoms with Crippen LogP contribution in [0.2, 0.25) is 0 Å². The van der Waals surface area contributed by atoms with Crippen molar-refractivity contribution in [2.24, 2.45) is 0 Å². The fourth-order valence-electron chi connectivity index (χ4n) is 4.23. The zero-order chi connectivity index (χ0) is 24.6. The van der Waals surface area contributed by atoms with E-state index in [9.17, 15) is 22.7 Å². The second-order valence-electron chi connectivity index (χ2n) is 8.32. The molecule has 0 unspecified atom stereocenters. The number of ether oxygens (including phenoxy) is 1. The molecule has 0 radical (unpaired) electrons. The van der Waals surface area contributed by atoms with Crippen LogP contribution in [0.15, 0.2) is 24.5 Å². The average molecular weight is 509 g/mol. The van der Waals surface area contributed by atoms with Gasteiger partial charge in [0.15, 0.2) is 0 Å². The van der Waals surface area contributed by atoms with Crippen LogP contribution in [0.1, 0.15) is 40.9 Å². The van der Waals surface area contributed by atoms with E-state index in [4.69, 9.17) is 4.74 Å². The topological polar surface area (TPSA) is 122 Å². The van der Waals surface area contributed by atoms with Crippen molar-refractivity contribution in [3.63, 3.8) is 0 Å².